The number of hydrazine groups is 1. The van der Waals surface area contributed by atoms with Crippen LogP contribution in [0, 0.1) is 13.8 Å². The second-order valence-electron chi connectivity index (χ2n) is 7.59. The van der Waals surface area contributed by atoms with Crippen LogP contribution in [0.15, 0.2) is 36.4 Å². The Labute approximate surface area is 165 Å². The van der Waals surface area contributed by atoms with Gasteiger partial charge in [0.1, 0.15) is 5.75 Å². The molecule has 2 aromatic rings. The Morgan fingerprint density at radius 1 is 1.11 bits per heavy atom. The second-order valence-corrected chi connectivity index (χ2v) is 7.59. The number of nitrogens with zero attached hydrogens (tertiary/aromatic N) is 1. The van der Waals surface area contributed by atoms with Crippen molar-refractivity contribution >= 4 is 11.8 Å². The van der Waals surface area contributed by atoms with E-state index in [1.54, 1.807) is 38.1 Å². The highest BCUT2D eigenvalue weighted by Crippen LogP contribution is 2.23. The summed E-state index contributed by atoms with van der Waals surface area (Å²) >= 11 is 0. The highest BCUT2D eigenvalue weighted by molar-refractivity contribution is 6.00. The van der Waals surface area contributed by atoms with Crippen LogP contribution in [0.3, 0.4) is 0 Å². The van der Waals surface area contributed by atoms with Crippen LogP contribution in [0.25, 0.3) is 0 Å². The lowest BCUT2D eigenvalue weighted by atomic mass is 10.0. The van der Waals surface area contributed by atoms with Gasteiger partial charge in [-0.15, -0.1) is 0 Å². The summed E-state index contributed by atoms with van der Waals surface area (Å²) in [4.78, 5) is 26.1. The van der Waals surface area contributed by atoms with E-state index in [0.29, 0.717) is 17.5 Å². The Bertz CT molecular complexity index is 870. The summed E-state index contributed by atoms with van der Waals surface area (Å²) in [5, 5.41) is 21.0. The first-order valence-corrected chi connectivity index (χ1v) is 9.26. The molecule has 0 heterocycles. The lowest BCUT2D eigenvalue weighted by Crippen LogP contribution is -2.59. The van der Waals surface area contributed by atoms with Gasteiger partial charge < -0.3 is 10.2 Å². The number of hydrogen-bond donors (Lipinski definition) is 3. The van der Waals surface area contributed by atoms with Crippen LogP contribution in [-0.4, -0.2) is 39.2 Å². The Kier molecular flexibility index (Phi) is 6.46. The summed E-state index contributed by atoms with van der Waals surface area (Å²) in [6.45, 7) is 8.61. The van der Waals surface area contributed by atoms with Crippen molar-refractivity contribution in [2.75, 3.05) is 6.61 Å². The van der Waals surface area contributed by atoms with Gasteiger partial charge in [0.05, 0.1) is 12.1 Å². The van der Waals surface area contributed by atoms with Crippen molar-refractivity contribution in [2.24, 2.45) is 0 Å². The minimum Gasteiger partial charge on any atom is -0.508 e. The van der Waals surface area contributed by atoms with Crippen molar-refractivity contribution in [3.63, 3.8) is 0 Å². The molecule has 150 valence electrons. The summed E-state index contributed by atoms with van der Waals surface area (Å²) in [7, 11) is 0. The summed E-state index contributed by atoms with van der Waals surface area (Å²) in [6.07, 6.45) is 0.462. The lowest BCUT2D eigenvalue weighted by molar-refractivity contribution is 0.0141. The van der Waals surface area contributed by atoms with Gasteiger partial charge in [0.25, 0.3) is 11.8 Å². The third kappa shape index (κ3) is 4.51. The minimum atomic E-state index is -1.03. The molecule has 0 aliphatic heterocycles. The smallest absolute Gasteiger partial charge is 0.272 e. The van der Waals surface area contributed by atoms with Gasteiger partial charge in [-0.1, -0.05) is 30.2 Å². The fourth-order valence-corrected chi connectivity index (χ4v) is 3.10. The SMILES string of the molecule is CCc1c(O)cccc1C(=O)NN(C(=O)c1cc(C)cc(C)c1)C(C)(C)CO. The molecule has 0 atom stereocenters. The lowest BCUT2D eigenvalue weighted by Gasteiger charge is -2.37. The molecule has 0 fully saturated rings. The Hall–Kier alpha value is -2.86. The van der Waals surface area contributed by atoms with E-state index >= 15 is 0 Å². The number of phenolic OH excluding ortho intramolecular Hbond substituents is 1. The summed E-state index contributed by atoms with van der Waals surface area (Å²) in [6, 6.07) is 10.1. The standard InChI is InChI=1S/C22H28N2O4/c1-6-17-18(8-7-9-19(17)26)20(27)23-24(22(4,5)13-25)21(28)16-11-14(2)10-15(3)12-16/h7-12,25-26H,6,13H2,1-5H3,(H,23,27). The van der Waals surface area contributed by atoms with Crippen molar-refractivity contribution in [1.82, 2.24) is 10.4 Å². The van der Waals surface area contributed by atoms with Gasteiger partial charge in [0.2, 0.25) is 0 Å². The number of hydrogen-bond acceptors (Lipinski definition) is 4. The number of carbonyl (C=O) groups excluding carboxylic acids is 2. The van der Waals surface area contributed by atoms with E-state index in [1.165, 1.54) is 6.07 Å². The highest BCUT2D eigenvalue weighted by Gasteiger charge is 2.33. The first-order valence-electron chi connectivity index (χ1n) is 9.26. The van der Waals surface area contributed by atoms with Crippen molar-refractivity contribution in [3.05, 3.63) is 64.2 Å². The number of rotatable bonds is 5. The van der Waals surface area contributed by atoms with Crippen LogP contribution in [0.5, 0.6) is 5.75 Å². The van der Waals surface area contributed by atoms with E-state index < -0.39 is 17.4 Å². The molecule has 2 rings (SSSR count). The van der Waals surface area contributed by atoms with E-state index in [-0.39, 0.29) is 17.9 Å². The van der Waals surface area contributed by atoms with E-state index in [4.69, 9.17) is 0 Å². The van der Waals surface area contributed by atoms with Gasteiger partial charge in [0, 0.05) is 16.7 Å². The quantitative estimate of drug-likeness (QED) is 0.691. The summed E-state index contributed by atoms with van der Waals surface area (Å²) in [5.41, 5.74) is 4.67. The van der Waals surface area contributed by atoms with E-state index in [2.05, 4.69) is 5.43 Å². The monoisotopic (exact) mass is 384 g/mol. The number of phenols is 1. The number of aliphatic hydroxyl groups is 1. The topological polar surface area (TPSA) is 89.9 Å². The maximum Gasteiger partial charge on any atom is 0.272 e. The Morgan fingerprint density at radius 2 is 1.71 bits per heavy atom. The molecule has 0 bridgehead atoms. The van der Waals surface area contributed by atoms with Gasteiger partial charge >= 0.3 is 0 Å². The maximum absolute atomic E-state index is 13.2. The van der Waals surface area contributed by atoms with Crippen molar-refractivity contribution in [2.45, 2.75) is 46.6 Å². The first-order chi connectivity index (χ1) is 13.1. The van der Waals surface area contributed by atoms with Crippen LogP contribution >= 0.6 is 0 Å². The zero-order valence-electron chi connectivity index (χ0n) is 17.0. The van der Waals surface area contributed by atoms with E-state index in [1.807, 2.05) is 26.8 Å². The Balaban J connectivity index is 2.44. The highest BCUT2D eigenvalue weighted by atomic mass is 16.3. The molecule has 0 radical (unpaired) electrons. The predicted octanol–water partition coefficient (Wildman–Crippen LogP) is 3.13. The number of aromatic hydroxyl groups is 1. The van der Waals surface area contributed by atoms with Crippen LogP contribution in [0.1, 0.15) is 58.2 Å². The number of carbonyl (C=O) groups is 2. The maximum atomic E-state index is 13.2. The molecule has 6 heteroatoms. The van der Waals surface area contributed by atoms with Crippen LogP contribution in [0.2, 0.25) is 0 Å². The molecule has 3 N–H and O–H groups in total. The van der Waals surface area contributed by atoms with Crippen LogP contribution in [-0.2, 0) is 6.42 Å². The number of amides is 2. The molecule has 0 aromatic heterocycles. The van der Waals surface area contributed by atoms with Crippen molar-refractivity contribution in [3.8, 4) is 5.75 Å². The van der Waals surface area contributed by atoms with Gasteiger partial charge in [-0.2, -0.15) is 0 Å². The van der Waals surface area contributed by atoms with Gasteiger partial charge in [-0.05, 0) is 58.4 Å². The molecule has 0 saturated carbocycles. The zero-order chi connectivity index (χ0) is 21.1. The number of nitrogens with one attached hydrogen (secondary N) is 1. The van der Waals surface area contributed by atoms with E-state index in [0.717, 1.165) is 16.1 Å². The second kappa shape index (κ2) is 8.44. The Morgan fingerprint density at radius 3 is 2.25 bits per heavy atom. The largest absolute Gasteiger partial charge is 0.508 e. The fourth-order valence-electron chi connectivity index (χ4n) is 3.10. The van der Waals surface area contributed by atoms with Crippen LogP contribution < -0.4 is 5.43 Å². The zero-order valence-corrected chi connectivity index (χ0v) is 17.0. The molecule has 0 aliphatic rings. The molecular formula is C22H28N2O4. The minimum absolute atomic E-state index is 0.0313. The summed E-state index contributed by atoms with van der Waals surface area (Å²) < 4.78 is 0. The van der Waals surface area contributed by atoms with Gasteiger partial charge in [-0.25, -0.2) is 5.01 Å². The third-order valence-corrected chi connectivity index (χ3v) is 4.63. The van der Waals surface area contributed by atoms with Crippen molar-refractivity contribution in [1.29, 1.82) is 0 Å². The number of aliphatic hydroxyl groups excluding tert-OH is 1. The van der Waals surface area contributed by atoms with Crippen molar-refractivity contribution < 1.29 is 19.8 Å². The molecule has 6 nitrogen and oxygen atoms in total. The molecule has 0 spiro atoms. The van der Waals surface area contributed by atoms with Gasteiger partial charge in [-0.3, -0.25) is 15.0 Å². The molecule has 28 heavy (non-hydrogen) atoms. The first kappa shape index (κ1) is 21.4. The third-order valence-electron chi connectivity index (χ3n) is 4.63. The molecule has 0 saturated heterocycles. The molecular weight excluding hydrogens is 356 g/mol. The average molecular weight is 384 g/mol. The summed E-state index contributed by atoms with van der Waals surface area (Å²) in [5.74, 6) is -0.909. The normalized spacial score (nSPS) is 11.2. The molecule has 2 amide bonds. The van der Waals surface area contributed by atoms with Gasteiger partial charge in [0.15, 0.2) is 0 Å². The van der Waals surface area contributed by atoms with Crippen LogP contribution in [0.4, 0.5) is 0 Å². The average Bonchev–Trinajstić information content (AvgIpc) is 2.64. The fraction of sp³-hybridized carbons (Fsp3) is 0.364. The van der Waals surface area contributed by atoms with E-state index in [9.17, 15) is 19.8 Å². The molecule has 0 aliphatic carbocycles. The molecule has 0 unspecified atom stereocenters. The predicted molar refractivity (Wildman–Crippen MR) is 108 cm³/mol. The number of aryl methyl sites for hydroxylation is 2. The number of benzene rings is 2. The molecule has 2 aromatic carbocycles.